The average Bonchev–Trinajstić information content (AvgIpc) is 3.01. The first-order chi connectivity index (χ1) is 21.6. The fourth-order valence-electron chi connectivity index (χ4n) is 5.86. The molecule has 0 aliphatic carbocycles. The molecular weight excluding hydrogens is 540 g/mol. The number of carbonyl (C=O) groups is 2. The number of unbranched alkanes of at least 4 members (excludes halogenated alkanes) is 25. The van der Waals surface area contributed by atoms with Crippen molar-refractivity contribution in [1.82, 2.24) is 5.32 Å². The minimum atomic E-state index is -0.518. The maximum absolute atomic E-state index is 12.4. The van der Waals surface area contributed by atoms with Crippen molar-refractivity contribution >= 4 is 11.8 Å². The summed E-state index contributed by atoms with van der Waals surface area (Å²) >= 11 is 0. The lowest BCUT2D eigenvalue weighted by molar-refractivity contribution is -0.127. The Bertz CT molecular complexity index is 672. The first-order valence-electron chi connectivity index (χ1n) is 19.5. The molecule has 0 aliphatic heterocycles. The highest BCUT2D eigenvalue weighted by molar-refractivity contribution is 5.86. The van der Waals surface area contributed by atoms with Gasteiger partial charge in [-0.15, -0.1) is 0 Å². The van der Waals surface area contributed by atoms with Crippen molar-refractivity contribution in [2.75, 3.05) is 0 Å². The van der Waals surface area contributed by atoms with E-state index in [1.54, 1.807) is 0 Å². The molecule has 0 fully saturated rings. The lowest BCUT2D eigenvalue weighted by atomic mass is 10.0. The molecule has 44 heavy (non-hydrogen) atoms. The first-order valence-corrected chi connectivity index (χ1v) is 19.5. The second-order valence-corrected chi connectivity index (χ2v) is 13.3. The van der Waals surface area contributed by atoms with E-state index >= 15 is 0 Å². The molecule has 0 aromatic heterocycles. The lowest BCUT2D eigenvalue weighted by Gasteiger charge is -2.15. The summed E-state index contributed by atoms with van der Waals surface area (Å²) in [4.78, 5) is 24.2. The molecule has 258 valence electrons. The number of rotatable bonds is 35. The van der Waals surface area contributed by atoms with Crippen LogP contribution < -0.4 is 11.1 Å². The zero-order valence-corrected chi connectivity index (χ0v) is 29.7. The maximum Gasteiger partial charge on any atom is 0.239 e. The molecule has 1 atom stereocenters. The van der Waals surface area contributed by atoms with E-state index in [-0.39, 0.29) is 5.91 Å². The van der Waals surface area contributed by atoms with Crippen molar-refractivity contribution < 1.29 is 9.59 Å². The van der Waals surface area contributed by atoms with Crippen LogP contribution in [0.25, 0.3) is 0 Å². The van der Waals surface area contributed by atoms with Crippen LogP contribution in [0.1, 0.15) is 213 Å². The lowest BCUT2D eigenvalue weighted by Crippen LogP contribution is -2.44. The Balaban J connectivity index is 3.56. The Morgan fingerprint density at radius 2 is 0.795 bits per heavy atom. The van der Waals surface area contributed by atoms with Gasteiger partial charge in [-0.05, 0) is 64.2 Å². The number of carbonyl (C=O) groups excluding carboxylic acids is 2. The van der Waals surface area contributed by atoms with Crippen molar-refractivity contribution in [3.8, 4) is 0 Å². The molecule has 0 aromatic rings. The maximum atomic E-state index is 12.4. The molecule has 0 heterocycles. The SMILES string of the molecule is CCCCCCCC/C=C\CCCCCCCCCCCC(=O)NC(CCCCCC/C=C\CCCCCCCC)C(N)=O. The monoisotopic (exact) mass is 617 g/mol. The molecule has 4 nitrogen and oxygen atoms in total. The summed E-state index contributed by atoms with van der Waals surface area (Å²) < 4.78 is 0. The Kier molecular flexibility index (Phi) is 34.6. The van der Waals surface area contributed by atoms with Gasteiger partial charge in [-0.1, -0.05) is 167 Å². The van der Waals surface area contributed by atoms with E-state index in [1.165, 1.54) is 148 Å². The van der Waals surface area contributed by atoms with Gasteiger partial charge in [0.1, 0.15) is 6.04 Å². The van der Waals surface area contributed by atoms with Crippen molar-refractivity contribution in [2.24, 2.45) is 5.73 Å². The highest BCUT2D eigenvalue weighted by Crippen LogP contribution is 2.14. The normalized spacial score (nSPS) is 12.4. The van der Waals surface area contributed by atoms with E-state index in [0.29, 0.717) is 12.8 Å². The van der Waals surface area contributed by atoms with Crippen LogP contribution in [0.15, 0.2) is 24.3 Å². The van der Waals surface area contributed by atoms with Crippen molar-refractivity contribution in [2.45, 2.75) is 219 Å². The van der Waals surface area contributed by atoms with Crippen LogP contribution in [0.2, 0.25) is 0 Å². The van der Waals surface area contributed by atoms with Gasteiger partial charge in [0, 0.05) is 6.42 Å². The number of amides is 2. The van der Waals surface area contributed by atoms with Crippen LogP contribution in [0.3, 0.4) is 0 Å². The van der Waals surface area contributed by atoms with Gasteiger partial charge in [0.05, 0.1) is 0 Å². The van der Waals surface area contributed by atoms with Crippen LogP contribution in [-0.4, -0.2) is 17.9 Å². The van der Waals surface area contributed by atoms with E-state index in [4.69, 9.17) is 5.73 Å². The standard InChI is InChI=1S/C40H76N2O2/c1-3-5-7-9-11-13-15-17-19-20-21-22-23-25-27-29-31-33-35-37-39(43)42-38(40(41)44)36-34-32-30-28-26-24-18-16-14-12-10-8-6-4-2/h17-19,24,38H,3-16,20-23,25-37H2,1-2H3,(H2,41,44)(H,42,43)/b19-17-,24-18-. The summed E-state index contributed by atoms with van der Waals surface area (Å²) in [6.07, 6.45) is 47.4. The highest BCUT2D eigenvalue weighted by atomic mass is 16.2. The number of nitrogens with one attached hydrogen (secondary N) is 1. The van der Waals surface area contributed by atoms with E-state index in [0.717, 1.165) is 38.5 Å². The van der Waals surface area contributed by atoms with E-state index in [9.17, 15) is 9.59 Å². The number of nitrogens with two attached hydrogens (primary N) is 1. The summed E-state index contributed by atoms with van der Waals surface area (Å²) in [6.45, 7) is 4.54. The Labute approximate surface area is 275 Å². The predicted octanol–water partition coefficient (Wildman–Crippen LogP) is 12.2. The van der Waals surface area contributed by atoms with Crippen LogP contribution >= 0.6 is 0 Å². The quantitative estimate of drug-likeness (QED) is 0.0549. The molecular formula is C40H76N2O2. The Morgan fingerprint density at radius 3 is 1.16 bits per heavy atom. The Morgan fingerprint density at radius 1 is 0.477 bits per heavy atom. The van der Waals surface area contributed by atoms with Crippen LogP contribution in [0.5, 0.6) is 0 Å². The summed E-state index contributed by atoms with van der Waals surface area (Å²) in [5.74, 6) is -0.425. The van der Waals surface area contributed by atoms with Gasteiger partial charge in [0.25, 0.3) is 0 Å². The molecule has 0 radical (unpaired) electrons. The van der Waals surface area contributed by atoms with E-state index in [2.05, 4.69) is 43.5 Å². The zero-order valence-electron chi connectivity index (χ0n) is 29.7. The molecule has 0 saturated carbocycles. The van der Waals surface area contributed by atoms with Crippen molar-refractivity contribution in [1.29, 1.82) is 0 Å². The summed E-state index contributed by atoms with van der Waals surface area (Å²) in [5, 5.41) is 2.89. The number of allylic oxidation sites excluding steroid dienone is 4. The smallest absolute Gasteiger partial charge is 0.239 e. The van der Waals surface area contributed by atoms with Crippen molar-refractivity contribution in [3.05, 3.63) is 24.3 Å². The van der Waals surface area contributed by atoms with E-state index < -0.39 is 11.9 Å². The van der Waals surface area contributed by atoms with Crippen LogP contribution in [0, 0.1) is 0 Å². The third-order valence-corrected chi connectivity index (χ3v) is 8.85. The van der Waals surface area contributed by atoms with Gasteiger partial charge in [-0.3, -0.25) is 9.59 Å². The van der Waals surface area contributed by atoms with Crippen LogP contribution in [-0.2, 0) is 9.59 Å². The fraction of sp³-hybridized carbons (Fsp3) is 0.850. The predicted molar refractivity (Wildman–Crippen MR) is 194 cm³/mol. The van der Waals surface area contributed by atoms with Gasteiger partial charge in [0.2, 0.25) is 11.8 Å². The second-order valence-electron chi connectivity index (χ2n) is 13.3. The summed E-state index contributed by atoms with van der Waals surface area (Å²) in [5.41, 5.74) is 5.58. The van der Waals surface area contributed by atoms with Crippen LogP contribution in [0.4, 0.5) is 0 Å². The number of hydrogen-bond acceptors (Lipinski definition) is 2. The van der Waals surface area contributed by atoms with Gasteiger partial charge >= 0.3 is 0 Å². The largest absolute Gasteiger partial charge is 0.368 e. The topological polar surface area (TPSA) is 72.2 Å². The molecule has 0 aliphatic rings. The Hall–Kier alpha value is -1.58. The van der Waals surface area contributed by atoms with Gasteiger partial charge < -0.3 is 11.1 Å². The molecule has 2 amide bonds. The molecule has 0 aromatic carbocycles. The van der Waals surface area contributed by atoms with Gasteiger partial charge in [0.15, 0.2) is 0 Å². The molecule has 1 unspecified atom stereocenters. The van der Waals surface area contributed by atoms with E-state index in [1.807, 2.05) is 0 Å². The summed E-state index contributed by atoms with van der Waals surface area (Å²) in [7, 11) is 0. The zero-order chi connectivity index (χ0) is 32.2. The first kappa shape index (κ1) is 42.4. The minimum Gasteiger partial charge on any atom is -0.368 e. The minimum absolute atomic E-state index is 0.0228. The molecule has 0 rings (SSSR count). The molecule has 0 bridgehead atoms. The fourth-order valence-corrected chi connectivity index (χ4v) is 5.86. The molecule has 3 N–H and O–H groups in total. The third kappa shape index (κ3) is 33.3. The number of primary amides is 1. The average molecular weight is 617 g/mol. The molecule has 4 heteroatoms. The third-order valence-electron chi connectivity index (χ3n) is 8.85. The van der Waals surface area contributed by atoms with Gasteiger partial charge in [-0.2, -0.15) is 0 Å². The second kappa shape index (κ2) is 35.9. The highest BCUT2D eigenvalue weighted by Gasteiger charge is 2.17. The summed E-state index contributed by atoms with van der Waals surface area (Å²) in [6, 6.07) is -0.518. The molecule has 0 saturated heterocycles. The van der Waals surface area contributed by atoms with Crippen molar-refractivity contribution in [3.63, 3.8) is 0 Å². The molecule has 0 spiro atoms. The number of hydrogen-bond donors (Lipinski definition) is 2. The van der Waals surface area contributed by atoms with Gasteiger partial charge in [-0.25, -0.2) is 0 Å².